The maximum atomic E-state index is 12.9. The van der Waals surface area contributed by atoms with E-state index in [1.165, 1.54) is 12.3 Å². The predicted octanol–water partition coefficient (Wildman–Crippen LogP) is 0.932. The van der Waals surface area contributed by atoms with Crippen molar-refractivity contribution < 1.29 is 12.8 Å². The summed E-state index contributed by atoms with van der Waals surface area (Å²) >= 11 is 0. The normalized spacial score (nSPS) is 11.4. The van der Waals surface area contributed by atoms with E-state index < -0.39 is 15.8 Å². The molecule has 90 valence electrons. The lowest BCUT2D eigenvalue weighted by molar-refractivity contribution is 0.600. The Morgan fingerprint density at radius 1 is 1.35 bits per heavy atom. The molecule has 0 aliphatic heterocycles. The van der Waals surface area contributed by atoms with Crippen LogP contribution in [-0.2, 0) is 10.0 Å². The first kappa shape index (κ1) is 11.4. The third kappa shape index (κ3) is 2.36. The van der Waals surface area contributed by atoms with Gasteiger partial charge in [0.15, 0.2) is 0 Å². The summed E-state index contributed by atoms with van der Waals surface area (Å²) < 4.78 is 38.8. The number of sulfonamides is 1. The molecule has 2 aromatic rings. The van der Waals surface area contributed by atoms with Crippen LogP contribution in [0, 0.1) is 5.82 Å². The van der Waals surface area contributed by atoms with Gasteiger partial charge in [-0.2, -0.15) is 5.10 Å². The van der Waals surface area contributed by atoms with Crippen LogP contribution in [0.2, 0.25) is 0 Å². The van der Waals surface area contributed by atoms with Crippen LogP contribution < -0.4 is 10.5 Å². The Bertz CT molecular complexity index is 624. The summed E-state index contributed by atoms with van der Waals surface area (Å²) in [5.74, 6) is -0.446. The second-order valence-electron chi connectivity index (χ2n) is 3.26. The van der Waals surface area contributed by atoms with Crippen LogP contribution in [0.5, 0.6) is 0 Å². The van der Waals surface area contributed by atoms with Crippen molar-refractivity contribution in [3.05, 3.63) is 36.3 Å². The topological polar surface area (TPSA) is 101 Å². The molecule has 0 aliphatic carbocycles. The minimum Gasteiger partial charge on any atom is -0.396 e. The van der Waals surface area contributed by atoms with Gasteiger partial charge in [-0.15, -0.1) is 0 Å². The van der Waals surface area contributed by atoms with Crippen molar-refractivity contribution in [2.24, 2.45) is 0 Å². The van der Waals surface area contributed by atoms with Gasteiger partial charge in [0.1, 0.15) is 11.6 Å². The molecule has 0 spiro atoms. The monoisotopic (exact) mass is 256 g/mol. The Hall–Kier alpha value is -2.09. The lowest BCUT2D eigenvalue weighted by Gasteiger charge is -2.06. The van der Waals surface area contributed by atoms with Crippen molar-refractivity contribution in [1.29, 1.82) is 0 Å². The van der Waals surface area contributed by atoms with Crippen molar-refractivity contribution in [3.63, 3.8) is 0 Å². The fourth-order valence-electron chi connectivity index (χ4n) is 1.21. The molecule has 0 saturated carbocycles. The lowest BCUT2D eigenvalue weighted by atomic mass is 10.3. The highest BCUT2D eigenvalue weighted by atomic mass is 32.2. The maximum absolute atomic E-state index is 12.9. The smallest absolute Gasteiger partial charge is 0.263 e. The molecule has 1 heterocycles. The number of benzene rings is 1. The Balaban J connectivity index is 2.35. The fraction of sp³-hybridized carbons (Fsp3) is 0. The van der Waals surface area contributed by atoms with Crippen molar-refractivity contribution in [2.45, 2.75) is 4.90 Å². The molecule has 0 radical (unpaired) electrons. The number of halogens is 1. The number of hydrogen-bond acceptors (Lipinski definition) is 4. The van der Waals surface area contributed by atoms with Crippen molar-refractivity contribution in [1.82, 2.24) is 10.2 Å². The molecule has 0 unspecified atom stereocenters. The van der Waals surface area contributed by atoms with E-state index >= 15 is 0 Å². The quantitative estimate of drug-likeness (QED) is 0.711. The van der Waals surface area contributed by atoms with E-state index in [0.717, 1.165) is 18.2 Å². The Morgan fingerprint density at radius 2 is 2.12 bits per heavy atom. The van der Waals surface area contributed by atoms with Crippen LogP contribution in [-0.4, -0.2) is 18.6 Å². The first-order chi connectivity index (χ1) is 7.99. The number of nitrogens with one attached hydrogen (secondary N) is 2. The van der Waals surface area contributed by atoms with Gasteiger partial charge in [0.25, 0.3) is 10.0 Å². The molecule has 1 aromatic heterocycles. The van der Waals surface area contributed by atoms with Gasteiger partial charge in [0.2, 0.25) is 0 Å². The van der Waals surface area contributed by atoms with Gasteiger partial charge < -0.3 is 5.73 Å². The van der Waals surface area contributed by atoms with Gasteiger partial charge in [-0.1, -0.05) is 0 Å². The first-order valence-electron chi connectivity index (χ1n) is 4.56. The molecule has 17 heavy (non-hydrogen) atoms. The summed E-state index contributed by atoms with van der Waals surface area (Å²) in [7, 11) is -3.79. The molecule has 6 nitrogen and oxygen atoms in total. The Labute approximate surface area is 96.7 Å². The van der Waals surface area contributed by atoms with E-state index in [1.54, 1.807) is 0 Å². The van der Waals surface area contributed by atoms with E-state index in [0.29, 0.717) is 0 Å². The van der Waals surface area contributed by atoms with E-state index in [2.05, 4.69) is 14.9 Å². The average Bonchev–Trinajstić information content (AvgIpc) is 2.73. The molecule has 0 aliphatic rings. The third-order valence-corrected chi connectivity index (χ3v) is 3.39. The highest BCUT2D eigenvalue weighted by molar-refractivity contribution is 7.92. The average molecular weight is 256 g/mol. The van der Waals surface area contributed by atoms with Gasteiger partial charge in [0, 0.05) is 6.07 Å². The van der Waals surface area contributed by atoms with Gasteiger partial charge in [0.05, 0.1) is 16.8 Å². The van der Waals surface area contributed by atoms with Gasteiger partial charge in [-0.05, 0) is 18.2 Å². The third-order valence-electron chi connectivity index (χ3n) is 2.02. The van der Waals surface area contributed by atoms with E-state index in [9.17, 15) is 12.8 Å². The standard InChI is InChI=1S/C9H9FN4O2S/c10-7-2-1-6(5-8(7)11)17(15,16)14-9-3-4-12-13-9/h1-5H,11H2,(H2,12,13,14). The zero-order valence-corrected chi connectivity index (χ0v) is 9.33. The van der Waals surface area contributed by atoms with E-state index in [-0.39, 0.29) is 16.4 Å². The zero-order valence-electron chi connectivity index (χ0n) is 8.51. The SMILES string of the molecule is Nc1cc(S(=O)(=O)Nc2ccn[nH]2)ccc1F. The highest BCUT2D eigenvalue weighted by Gasteiger charge is 2.16. The summed E-state index contributed by atoms with van der Waals surface area (Å²) in [4.78, 5) is -0.119. The van der Waals surface area contributed by atoms with Crippen molar-refractivity contribution in [3.8, 4) is 0 Å². The molecule has 4 N–H and O–H groups in total. The molecular weight excluding hydrogens is 247 g/mol. The number of aromatic nitrogens is 2. The summed E-state index contributed by atoms with van der Waals surface area (Å²) in [5.41, 5.74) is 5.08. The van der Waals surface area contributed by atoms with Crippen LogP contribution in [0.4, 0.5) is 15.9 Å². The van der Waals surface area contributed by atoms with Crippen LogP contribution in [0.15, 0.2) is 35.4 Å². The molecule has 2 rings (SSSR count). The van der Waals surface area contributed by atoms with Crippen molar-refractivity contribution >= 4 is 21.5 Å². The van der Waals surface area contributed by atoms with Crippen LogP contribution in [0.3, 0.4) is 0 Å². The van der Waals surface area contributed by atoms with Crippen LogP contribution in [0.1, 0.15) is 0 Å². The van der Waals surface area contributed by atoms with Crippen LogP contribution in [0.25, 0.3) is 0 Å². The largest absolute Gasteiger partial charge is 0.396 e. The molecule has 0 bridgehead atoms. The molecular formula is C9H9FN4O2S. The minimum absolute atomic E-state index is 0.119. The lowest BCUT2D eigenvalue weighted by Crippen LogP contribution is -2.13. The second kappa shape index (κ2) is 4.06. The summed E-state index contributed by atoms with van der Waals surface area (Å²) in [5, 5.41) is 6.04. The fourth-order valence-corrected chi connectivity index (χ4v) is 2.26. The molecule has 0 atom stereocenters. The zero-order chi connectivity index (χ0) is 12.5. The Kier molecular flexibility index (Phi) is 2.72. The summed E-state index contributed by atoms with van der Waals surface area (Å²) in [6.45, 7) is 0. The number of H-pyrrole nitrogens is 1. The number of nitrogen functional groups attached to an aromatic ring is 1. The number of nitrogens with two attached hydrogens (primary N) is 1. The number of nitrogens with zero attached hydrogens (tertiary/aromatic N) is 1. The maximum Gasteiger partial charge on any atom is 0.263 e. The molecule has 8 heteroatoms. The number of hydrogen-bond donors (Lipinski definition) is 3. The van der Waals surface area contributed by atoms with Gasteiger partial charge in [-0.25, -0.2) is 12.8 Å². The molecule has 0 fully saturated rings. The van der Waals surface area contributed by atoms with E-state index in [4.69, 9.17) is 5.73 Å². The highest BCUT2D eigenvalue weighted by Crippen LogP contribution is 2.18. The molecule has 1 aromatic carbocycles. The second-order valence-corrected chi connectivity index (χ2v) is 4.94. The van der Waals surface area contributed by atoms with Gasteiger partial charge in [-0.3, -0.25) is 9.82 Å². The number of anilines is 2. The minimum atomic E-state index is -3.79. The predicted molar refractivity (Wildman–Crippen MR) is 60.2 cm³/mol. The number of aromatic amines is 1. The van der Waals surface area contributed by atoms with Gasteiger partial charge >= 0.3 is 0 Å². The van der Waals surface area contributed by atoms with E-state index in [1.807, 2.05) is 0 Å². The first-order valence-corrected chi connectivity index (χ1v) is 6.04. The Morgan fingerprint density at radius 3 is 2.71 bits per heavy atom. The number of rotatable bonds is 3. The molecule has 0 amide bonds. The molecule has 0 saturated heterocycles. The van der Waals surface area contributed by atoms with Crippen molar-refractivity contribution in [2.75, 3.05) is 10.5 Å². The van der Waals surface area contributed by atoms with Crippen LogP contribution >= 0.6 is 0 Å². The summed E-state index contributed by atoms with van der Waals surface area (Å²) in [6.07, 6.45) is 1.40. The summed E-state index contributed by atoms with van der Waals surface area (Å²) in [6, 6.07) is 4.62.